The number of aryl methyl sites for hydroxylation is 1. The van der Waals surface area contributed by atoms with Gasteiger partial charge < -0.3 is 10.6 Å². The highest BCUT2D eigenvalue weighted by molar-refractivity contribution is 5.46. The Hall–Kier alpha value is -1.02. The van der Waals surface area contributed by atoms with E-state index in [4.69, 9.17) is 5.73 Å². The van der Waals surface area contributed by atoms with Crippen molar-refractivity contribution in [1.82, 2.24) is 0 Å². The van der Waals surface area contributed by atoms with Crippen molar-refractivity contribution in [3.63, 3.8) is 0 Å². The van der Waals surface area contributed by atoms with Crippen molar-refractivity contribution < 1.29 is 0 Å². The molecule has 0 aliphatic heterocycles. The molecule has 96 valence electrons. The van der Waals surface area contributed by atoms with Crippen LogP contribution in [0.2, 0.25) is 0 Å². The normalized spacial score (nSPS) is 13.5. The second-order valence-electron chi connectivity index (χ2n) is 6.02. The van der Waals surface area contributed by atoms with Crippen molar-refractivity contribution in [3.8, 4) is 0 Å². The van der Waals surface area contributed by atoms with Gasteiger partial charge in [-0.15, -0.1) is 0 Å². The van der Waals surface area contributed by atoms with Crippen molar-refractivity contribution in [2.24, 2.45) is 11.1 Å². The molecule has 0 aromatic heterocycles. The molecule has 1 rings (SSSR count). The van der Waals surface area contributed by atoms with Crippen LogP contribution in [-0.2, 0) is 0 Å². The molecule has 1 aromatic rings. The summed E-state index contributed by atoms with van der Waals surface area (Å²) in [4.78, 5) is 2.27. The molecule has 17 heavy (non-hydrogen) atoms. The Morgan fingerprint density at radius 3 is 2.18 bits per heavy atom. The molecule has 0 aliphatic rings. The van der Waals surface area contributed by atoms with Crippen LogP contribution in [0.25, 0.3) is 0 Å². The SMILES string of the molecule is Cc1ccc(N(C)CCC(N)C(C)(C)C)cc1. The molecule has 0 spiro atoms. The molecule has 1 atom stereocenters. The van der Waals surface area contributed by atoms with Gasteiger partial charge in [-0.05, 0) is 30.9 Å². The van der Waals surface area contributed by atoms with Crippen LogP contribution in [0.1, 0.15) is 32.8 Å². The molecule has 2 N–H and O–H groups in total. The Balaban J connectivity index is 2.50. The first-order valence-electron chi connectivity index (χ1n) is 6.34. The zero-order chi connectivity index (χ0) is 13.1. The Bertz CT molecular complexity index is 335. The summed E-state index contributed by atoms with van der Waals surface area (Å²) in [6.45, 7) is 9.71. The highest BCUT2D eigenvalue weighted by Gasteiger charge is 2.20. The Kier molecular flexibility index (Phi) is 4.58. The monoisotopic (exact) mass is 234 g/mol. The number of nitrogens with zero attached hydrogens (tertiary/aromatic N) is 1. The fourth-order valence-electron chi connectivity index (χ4n) is 1.69. The van der Waals surface area contributed by atoms with E-state index < -0.39 is 0 Å². The summed E-state index contributed by atoms with van der Waals surface area (Å²) in [6.07, 6.45) is 1.02. The molecule has 2 heteroatoms. The summed E-state index contributed by atoms with van der Waals surface area (Å²) < 4.78 is 0. The average Bonchev–Trinajstić information content (AvgIpc) is 2.25. The Morgan fingerprint density at radius 1 is 1.18 bits per heavy atom. The molecule has 0 aliphatic carbocycles. The lowest BCUT2D eigenvalue weighted by atomic mass is 9.85. The Morgan fingerprint density at radius 2 is 1.71 bits per heavy atom. The second-order valence-corrected chi connectivity index (χ2v) is 6.02. The lowest BCUT2D eigenvalue weighted by Gasteiger charge is -2.29. The van der Waals surface area contributed by atoms with Crippen LogP contribution in [0.5, 0.6) is 0 Å². The molecule has 1 aromatic carbocycles. The molecule has 0 bridgehead atoms. The van der Waals surface area contributed by atoms with E-state index in [-0.39, 0.29) is 11.5 Å². The van der Waals surface area contributed by atoms with Crippen molar-refractivity contribution in [2.75, 3.05) is 18.5 Å². The van der Waals surface area contributed by atoms with Gasteiger partial charge in [-0.25, -0.2) is 0 Å². The van der Waals surface area contributed by atoms with Crippen LogP contribution < -0.4 is 10.6 Å². The van der Waals surface area contributed by atoms with E-state index in [2.05, 4.69) is 63.9 Å². The number of hydrogen-bond donors (Lipinski definition) is 1. The maximum atomic E-state index is 6.17. The predicted molar refractivity (Wildman–Crippen MR) is 76.5 cm³/mol. The van der Waals surface area contributed by atoms with Crippen LogP contribution in [0.15, 0.2) is 24.3 Å². The average molecular weight is 234 g/mol. The highest BCUT2D eigenvalue weighted by Crippen LogP contribution is 2.21. The minimum Gasteiger partial charge on any atom is -0.375 e. The minimum absolute atomic E-state index is 0.189. The summed E-state index contributed by atoms with van der Waals surface area (Å²) in [7, 11) is 2.13. The summed E-state index contributed by atoms with van der Waals surface area (Å²) in [6, 6.07) is 8.87. The van der Waals surface area contributed by atoms with Gasteiger partial charge in [-0.3, -0.25) is 0 Å². The molecular weight excluding hydrogens is 208 g/mol. The van der Waals surface area contributed by atoms with E-state index in [0.29, 0.717) is 0 Å². The maximum absolute atomic E-state index is 6.17. The standard InChI is InChI=1S/C15H26N2/c1-12-6-8-13(9-7-12)17(5)11-10-14(16)15(2,3)4/h6-9,14H,10-11,16H2,1-5H3. The van der Waals surface area contributed by atoms with Crippen molar-refractivity contribution in [3.05, 3.63) is 29.8 Å². The fourth-order valence-corrected chi connectivity index (χ4v) is 1.69. The molecular formula is C15H26N2. The van der Waals surface area contributed by atoms with Gasteiger partial charge in [0.15, 0.2) is 0 Å². The first-order valence-corrected chi connectivity index (χ1v) is 6.34. The summed E-state index contributed by atoms with van der Waals surface area (Å²) in [5, 5.41) is 0. The number of benzene rings is 1. The molecule has 0 fully saturated rings. The van der Waals surface area contributed by atoms with Gasteiger partial charge >= 0.3 is 0 Å². The van der Waals surface area contributed by atoms with Gasteiger partial charge in [0.05, 0.1) is 0 Å². The lowest BCUT2D eigenvalue weighted by molar-refractivity contribution is 0.308. The van der Waals surface area contributed by atoms with Crippen molar-refractivity contribution in [1.29, 1.82) is 0 Å². The number of nitrogens with two attached hydrogens (primary N) is 1. The van der Waals surface area contributed by atoms with Crippen molar-refractivity contribution in [2.45, 2.75) is 40.2 Å². The molecule has 0 radical (unpaired) electrons. The fraction of sp³-hybridized carbons (Fsp3) is 0.600. The molecule has 0 heterocycles. The predicted octanol–water partition coefficient (Wildman–Crippen LogP) is 3.19. The van der Waals surface area contributed by atoms with Gasteiger partial charge in [0, 0.05) is 25.3 Å². The molecule has 0 saturated heterocycles. The third kappa shape index (κ3) is 4.39. The lowest BCUT2D eigenvalue weighted by Crippen LogP contribution is -2.38. The van der Waals surface area contributed by atoms with E-state index in [1.807, 2.05) is 0 Å². The smallest absolute Gasteiger partial charge is 0.0363 e. The first-order chi connectivity index (χ1) is 7.80. The zero-order valence-electron chi connectivity index (χ0n) is 11.8. The van der Waals surface area contributed by atoms with Gasteiger partial charge in [-0.2, -0.15) is 0 Å². The zero-order valence-corrected chi connectivity index (χ0v) is 11.8. The van der Waals surface area contributed by atoms with E-state index in [9.17, 15) is 0 Å². The van der Waals surface area contributed by atoms with Crippen LogP contribution in [0, 0.1) is 12.3 Å². The molecule has 0 amide bonds. The van der Waals surface area contributed by atoms with E-state index in [1.54, 1.807) is 0 Å². The largest absolute Gasteiger partial charge is 0.375 e. The quantitative estimate of drug-likeness (QED) is 0.867. The van der Waals surface area contributed by atoms with Crippen LogP contribution in [0.3, 0.4) is 0 Å². The van der Waals surface area contributed by atoms with Crippen LogP contribution >= 0.6 is 0 Å². The third-order valence-electron chi connectivity index (χ3n) is 3.36. The maximum Gasteiger partial charge on any atom is 0.0363 e. The van der Waals surface area contributed by atoms with Crippen molar-refractivity contribution >= 4 is 5.69 Å². The van der Waals surface area contributed by atoms with Gasteiger partial charge in [-0.1, -0.05) is 38.5 Å². The summed E-state index contributed by atoms with van der Waals surface area (Å²) in [5.74, 6) is 0. The Labute approximate surface area is 106 Å². The third-order valence-corrected chi connectivity index (χ3v) is 3.36. The number of rotatable bonds is 4. The number of anilines is 1. The molecule has 2 nitrogen and oxygen atoms in total. The second kappa shape index (κ2) is 5.54. The molecule has 1 unspecified atom stereocenters. The van der Waals surface area contributed by atoms with E-state index in [0.717, 1.165) is 13.0 Å². The first kappa shape index (κ1) is 14.0. The summed E-state index contributed by atoms with van der Waals surface area (Å²) >= 11 is 0. The minimum atomic E-state index is 0.189. The molecule has 0 saturated carbocycles. The van der Waals surface area contributed by atoms with E-state index >= 15 is 0 Å². The highest BCUT2D eigenvalue weighted by atomic mass is 15.1. The van der Waals surface area contributed by atoms with Crippen LogP contribution in [-0.4, -0.2) is 19.6 Å². The number of hydrogen-bond acceptors (Lipinski definition) is 2. The van der Waals surface area contributed by atoms with Gasteiger partial charge in [0.25, 0.3) is 0 Å². The van der Waals surface area contributed by atoms with Gasteiger partial charge in [0.2, 0.25) is 0 Å². The van der Waals surface area contributed by atoms with Crippen LogP contribution in [0.4, 0.5) is 5.69 Å². The topological polar surface area (TPSA) is 29.3 Å². The van der Waals surface area contributed by atoms with E-state index in [1.165, 1.54) is 11.3 Å². The van der Waals surface area contributed by atoms with Gasteiger partial charge in [0.1, 0.15) is 0 Å². The summed E-state index contributed by atoms with van der Waals surface area (Å²) in [5.41, 5.74) is 8.92.